The lowest BCUT2D eigenvalue weighted by Gasteiger charge is -2.04. The zero-order valence-corrected chi connectivity index (χ0v) is 9.89. The maximum Gasteiger partial charge on any atom is 0.298 e. The van der Waals surface area contributed by atoms with Gasteiger partial charge < -0.3 is 4.74 Å². The van der Waals surface area contributed by atoms with Crippen LogP contribution in [0.1, 0.15) is 11.4 Å². The first-order valence-electron chi connectivity index (χ1n) is 4.39. The summed E-state index contributed by atoms with van der Waals surface area (Å²) in [6.07, 6.45) is 0. The van der Waals surface area contributed by atoms with Crippen molar-refractivity contribution in [3.05, 3.63) is 34.6 Å². The number of benzene rings is 1. The maximum atomic E-state index is 5.88. The number of aryl methyl sites for hydroxylation is 2. The minimum absolute atomic E-state index is 0.540. The van der Waals surface area contributed by atoms with E-state index in [1.54, 1.807) is 6.07 Å². The fraction of sp³-hybridized carbons (Fsp3) is 0.200. The van der Waals surface area contributed by atoms with Crippen molar-refractivity contribution >= 4 is 23.1 Å². The van der Waals surface area contributed by atoms with Crippen LogP contribution in [0, 0.1) is 13.8 Å². The lowest BCUT2D eigenvalue weighted by Crippen LogP contribution is -1.86. The third kappa shape index (κ3) is 2.46. The summed E-state index contributed by atoms with van der Waals surface area (Å²) in [6.45, 7) is 3.79. The van der Waals surface area contributed by atoms with Crippen molar-refractivity contribution in [2.45, 2.75) is 13.8 Å². The molecule has 0 amide bonds. The molecule has 0 N–H and O–H groups in total. The van der Waals surface area contributed by atoms with Crippen LogP contribution in [0.25, 0.3) is 0 Å². The molecular formula is C10H9ClN2OS. The number of nitrogens with zero attached hydrogens (tertiary/aromatic N) is 2. The lowest BCUT2D eigenvalue weighted by atomic mass is 10.2. The quantitative estimate of drug-likeness (QED) is 0.805. The summed E-state index contributed by atoms with van der Waals surface area (Å²) in [6, 6.07) is 5.51. The van der Waals surface area contributed by atoms with E-state index >= 15 is 0 Å². The summed E-state index contributed by atoms with van der Waals surface area (Å²) in [4.78, 5) is 4.12. The fourth-order valence-corrected chi connectivity index (χ4v) is 1.81. The van der Waals surface area contributed by atoms with Crippen LogP contribution in [-0.4, -0.2) is 9.36 Å². The molecule has 0 fully saturated rings. The molecule has 0 saturated carbocycles. The Labute approximate surface area is 96.9 Å². The minimum Gasteiger partial charge on any atom is -0.430 e. The van der Waals surface area contributed by atoms with E-state index in [0.717, 1.165) is 17.1 Å². The zero-order valence-electron chi connectivity index (χ0n) is 8.32. The Kier molecular flexibility index (Phi) is 2.88. The molecule has 0 spiro atoms. The van der Waals surface area contributed by atoms with E-state index in [2.05, 4.69) is 9.36 Å². The minimum atomic E-state index is 0.540. The van der Waals surface area contributed by atoms with Crippen LogP contribution in [0.5, 0.6) is 10.9 Å². The molecule has 0 aliphatic heterocycles. The van der Waals surface area contributed by atoms with Gasteiger partial charge >= 0.3 is 0 Å². The van der Waals surface area contributed by atoms with E-state index in [0.29, 0.717) is 10.2 Å². The van der Waals surface area contributed by atoms with Gasteiger partial charge in [0.1, 0.15) is 11.6 Å². The second-order valence-electron chi connectivity index (χ2n) is 3.12. The number of halogens is 1. The highest BCUT2D eigenvalue weighted by Gasteiger charge is 2.06. The average molecular weight is 241 g/mol. The summed E-state index contributed by atoms with van der Waals surface area (Å²) < 4.78 is 9.61. The van der Waals surface area contributed by atoms with Gasteiger partial charge in [-0.15, -0.1) is 0 Å². The Hall–Kier alpha value is -1.13. The van der Waals surface area contributed by atoms with Crippen molar-refractivity contribution < 1.29 is 4.74 Å². The van der Waals surface area contributed by atoms with E-state index in [1.165, 1.54) is 11.5 Å². The molecule has 5 heteroatoms. The fourth-order valence-electron chi connectivity index (χ4n) is 1.10. The molecule has 0 unspecified atom stereocenters. The number of hydrogen-bond acceptors (Lipinski definition) is 4. The predicted molar refractivity (Wildman–Crippen MR) is 60.9 cm³/mol. The number of aromatic nitrogens is 2. The molecule has 1 aromatic heterocycles. The molecule has 15 heavy (non-hydrogen) atoms. The molecular weight excluding hydrogens is 232 g/mol. The van der Waals surface area contributed by atoms with Gasteiger partial charge in [-0.1, -0.05) is 17.7 Å². The third-order valence-electron chi connectivity index (χ3n) is 1.86. The van der Waals surface area contributed by atoms with Gasteiger partial charge in [0.25, 0.3) is 5.19 Å². The summed E-state index contributed by atoms with van der Waals surface area (Å²) >= 11 is 7.11. The van der Waals surface area contributed by atoms with Crippen molar-refractivity contribution in [1.82, 2.24) is 9.36 Å². The molecule has 1 heterocycles. The molecule has 0 aliphatic rings. The monoisotopic (exact) mass is 240 g/mol. The van der Waals surface area contributed by atoms with E-state index < -0.39 is 0 Å². The van der Waals surface area contributed by atoms with Gasteiger partial charge in [-0.3, -0.25) is 0 Å². The van der Waals surface area contributed by atoms with Crippen LogP contribution < -0.4 is 4.74 Å². The molecule has 2 rings (SSSR count). The van der Waals surface area contributed by atoms with Gasteiger partial charge in [0.2, 0.25) is 0 Å². The van der Waals surface area contributed by atoms with E-state index in [9.17, 15) is 0 Å². The van der Waals surface area contributed by atoms with Crippen molar-refractivity contribution in [1.29, 1.82) is 0 Å². The first kappa shape index (κ1) is 10.4. The molecule has 0 saturated heterocycles. The van der Waals surface area contributed by atoms with Crippen LogP contribution in [0.15, 0.2) is 18.2 Å². The highest BCUT2D eigenvalue weighted by atomic mass is 35.5. The standard InChI is InChI=1S/C10H9ClN2OS/c1-6-3-4-8(11)5-9(6)14-10-12-7(2)13-15-10/h3-5H,1-2H3. The predicted octanol–water partition coefficient (Wildman–Crippen LogP) is 3.60. The van der Waals surface area contributed by atoms with Crippen molar-refractivity contribution in [2.75, 3.05) is 0 Å². The smallest absolute Gasteiger partial charge is 0.298 e. The van der Waals surface area contributed by atoms with Gasteiger partial charge in [-0.2, -0.15) is 9.36 Å². The first-order chi connectivity index (χ1) is 7.15. The Morgan fingerprint density at radius 3 is 2.80 bits per heavy atom. The summed E-state index contributed by atoms with van der Waals surface area (Å²) in [5, 5.41) is 1.19. The van der Waals surface area contributed by atoms with Gasteiger partial charge in [-0.25, -0.2) is 0 Å². The van der Waals surface area contributed by atoms with Crippen LogP contribution in [0.3, 0.4) is 0 Å². The van der Waals surface area contributed by atoms with E-state index in [-0.39, 0.29) is 0 Å². The molecule has 3 nitrogen and oxygen atoms in total. The maximum absolute atomic E-state index is 5.88. The highest BCUT2D eigenvalue weighted by molar-refractivity contribution is 7.07. The SMILES string of the molecule is Cc1nsc(Oc2cc(Cl)ccc2C)n1. The topological polar surface area (TPSA) is 35.0 Å². The van der Waals surface area contributed by atoms with Gasteiger partial charge in [0, 0.05) is 16.6 Å². The van der Waals surface area contributed by atoms with Crippen molar-refractivity contribution in [3.63, 3.8) is 0 Å². The Balaban J connectivity index is 2.27. The summed E-state index contributed by atoms with van der Waals surface area (Å²) in [5.74, 6) is 1.44. The Bertz CT molecular complexity index is 484. The number of hydrogen-bond donors (Lipinski definition) is 0. The number of rotatable bonds is 2. The summed E-state index contributed by atoms with van der Waals surface area (Å²) in [5.41, 5.74) is 1.02. The lowest BCUT2D eigenvalue weighted by molar-refractivity contribution is 0.474. The van der Waals surface area contributed by atoms with E-state index in [1.807, 2.05) is 26.0 Å². The second kappa shape index (κ2) is 4.16. The van der Waals surface area contributed by atoms with Crippen molar-refractivity contribution in [2.24, 2.45) is 0 Å². The Morgan fingerprint density at radius 1 is 1.33 bits per heavy atom. The summed E-state index contributed by atoms with van der Waals surface area (Å²) in [7, 11) is 0. The van der Waals surface area contributed by atoms with Crippen LogP contribution in [-0.2, 0) is 0 Å². The highest BCUT2D eigenvalue weighted by Crippen LogP contribution is 2.28. The van der Waals surface area contributed by atoms with Gasteiger partial charge in [0.05, 0.1) is 0 Å². The molecule has 0 atom stereocenters. The molecule has 78 valence electrons. The molecule has 0 radical (unpaired) electrons. The molecule has 0 aliphatic carbocycles. The normalized spacial score (nSPS) is 10.3. The largest absolute Gasteiger partial charge is 0.430 e. The number of ether oxygens (including phenoxy) is 1. The molecule has 2 aromatic rings. The van der Waals surface area contributed by atoms with Crippen LogP contribution >= 0.6 is 23.1 Å². The van der Waals surface area contributed by atoms with Crippen LogP contribution in [0.2, 0.25) is 5.02 Å². The zero-order chi connectivity index (χ0) is 10.8. The third-order valence-corrected chi connectivity index (χ3v) is 2.78. The van der Waals surface area contributed by atoms with Gasteiger partial charge in [-0.05, 0) is 31.5 Å². The molecule has 1 aromatic carbocycles. The van der Waals surface area contributed by atoms with Gasteiger partial charge in [0.15, 0.2) is 0 Å². The first-order valence-corrected chi connectivity index (χ1v) is 5.54. The average Bonchev–Trinajstić information content (AvgIpc) is 2.58. The second-order valence-corrected chi connectivity index (χ2v) is 4.27. The van der Waals surface area contributed by atoms with Crippen molar-refractivity contribution in [3.8, 4) is 10.9 Å². The van der Waals surface area contributed by atoms with E-state index in [4.69, 9.17) is 16.3 Å². The molecule has 0 bridgehead atoms. The Morgan fingerprint density at radius 2 is 2.13 bits per heavy atom. The van der Waals surface area contributed by atoms with Crippen LogP contribution in [0.4, 0.5) is 0 Å².